The van der Waals surface area contributed by atoms with Crippen LogP contribution in [0.25, 0.3) is 5.76 Å². The highest BCUT2D eigenvalue weighted by Gasteiger charge is 2.43. The highest BCUT2D eigenvalue weighted by Crippen LogP contribution is 2.42. The largest absolute Gasteiger partial charge is 0.374 e. The Morgan fingerprint density at radius 2 is 1.91 bits per heavy atom. The molecule has 0 radical (unpaired) electrons. The van der Waals surface area contributed by atoms with Gasteiger partial charge in [-0.3, -0.25) is 4.79 Å². The van der Waals surface area contributed by atoms with E-state index in [0.29, 0.717) is 5.02 Å². The van der Waals surface area contributed by atoms with Gasteiger partial charge in [-0.05, 0) is 48.4 Å². The lowest BCUT2D eigenvalue weighted by molar-refractivity contribution is -0.0709. The van der Waals surface area contributed by atoms with Crippen molar-refractivity contribution in [2.24, 2.45) is 0 Å². The van der Waals surface area contributed by atoms with Gasteiger partial charge < -0.3 is 4.84 Å². The Kier molecular flexibility index (Phi) is 4.04. The van der Waals surface area contributed by atoms with Crippen molar-refractivity contribution in [3.05, 3.63) is 76.6 Å². The van der Waals surface area contributed by atoms with Crippen LogP contribution in [0.3, 0.4) is 0 Å². The number of benzene rings is 2. The van der Waals surface area contributed by atoms with E-state index in [1.54, 1.807) is 13.0 Å². The van der Waals surface area contributed by atoms with Crippen LogP contribution in [-0.2, 0) is 10.4 Å². The summed E-state index contributed by atoms with van der Waals surface area (Å²) >= 11 is 11.6. The van der Waals surface area contributed by atoms with Crippen LogP contribution in [0.5, 0.6) is 0 Å². The summed E-state index contributed by atoms with van der Waals surface area (Å²) in [4.78, 5) is 17.3. The van der Waals surface area contributed by atoms with Gasteiger partial charge in [-0.1, -0.05) is 41.9 Å². The summed E-state index contributed by atoms with van der Waals surface area (Å²) in [5.41, 5.74) is -0.00371. The maximum Gasteiger partial charge on any atom is 0.350 e. The minimum atomic E-state index is -0.954. The molecule has 0 spiro atoms. The van der Waals surface area contributed by atoms with Gasteiger partial charge in [0.1, 0.15) is 11.4 Å². The lowest BCUT2D eigenvalue weighted by Crippen LogP contribution is -2.39. The Hall–Kier alpha value is -2.04. The van der Waals surface area contributed by atoms with Crippen molar-refractivity contribution >= 4 is 34.3 Å². The first-order valence-electron chi connectivity index (χ1n) is 6.83. The number of amides is 1. The first kappa shape index (κ1) is 15.8. The Labute approximate surface area is 142 Å². The number of carbonyl (C=O) groups is 1. The molecule has 23 heavy (non-hydrogen) atoms. The molecule has 1 amide bonds. The molecule has 118 valence electrons. The predicted molar refractivity (Wildman–Crippen MR) is 87.4 cm³/mol. The van der Waals surface area contributed by atoms with Gasteiger partial charge in [0.25, 0.3) is 0 Å². The van der Waals surface area contributed by atoms with Crippen LogP contribution < -0.4 is 0 Å². The van der Waals surface area contributed by atoms with E-state index >= 15 is 0 Å². The summed E-state index contributed by atoms with van der Waals surface area (Å²) in [6, 6.07) is 13.3. The number of rotatable bonds is 2. The average molecular weight is 352 g/mol. The lowest BCUT2D eigenvalue weighted by Gasteiger charge is -2.30. The molecule has 1 atom stereocenters. The van der Waals surface area contributed by atoms with Crippen LogP contribution in [0.4, 0.5) is 9.18 Å². The van der Waals surface area contributed by atoms with Gasteiger partial charge in [-0.2, -0.15) is 0 Å². The van der Waals surface area contributed by atoms with Crippen molar-refractivity contribution in [1.29, 1.82) is 0 Å². The zero-order valence-electron chi connectivity index (χ0n) is 12.1. The van der Waals surface area contributed by atoms with Crippen molar-refractivity contribution in [2.45, 2.75) is 12.5 Å². The summed E-state index contributed by atoms with van der Waals surface area (Å²) in [5, 5.41) is 0.576. The third kappa shape index (κ3) is 2.80. The van der Waals surface area contributed by atoms with Gasteiger partial charge >= 0.3 is 5.37 Å². The van der Waals surface area contributed by atoms with Crippen molar-refractivity contribution in [3.8, 4) is 0 Å². The number of nitrogens with zero attached hydrogens (tertiary/aromatic N) is 1. The smallest absolute Gasteiger partial charge is 0.350 e. The monoisotopic (exact) mass is 351 g/mol. The first-order chi connectivity index (χ1) is 10.9. The molecule has 1 aliphatic heterocycles. The molecule has 0 fully saturated rings. The summed E-state index contributed by atoms with van der Waals surface area (Å²) < 4.78 is 14.1. The molecular weight excluding hydrogens is 340 g/mol. The number of carbonyl (C=O) groups excluding carboxylic acids is 1. The third-order valence-corrected chi connectivity index (χ3v) is 4.12. The lowest BCUT2D eigenvalue weighted by atomic mass is 9.91. The van der Waals surface area contributed by atoms with E-state index in [4.69, 9.17) is 28.0 Å². The summed E-state index contributed by atoms with van der Waals surface area (Å²) in [6.45, 7) is 1.76. The van der Waals surface area contributed by atoms with Gasteiger partial charge in [0.2, 0.25) is 0 Å². The minimum Gasteiger partial charge on any atom is -0.374 e. The number of hydrogen-bond acceptors (Lipinski definition) is 2. The Balaban J connectivity index is 2.12. The average Bonchev–Trinajstić information content (AvgIpc) is 2.90. The van der Waals surface area contributed by atoms with Crippen molar-refractivity contribution in [3.63, 3.8) is 0 Å². The molecule has 6 heteroatoms. The van der Waals surface area contributed by atoms with Gasteiger partial charge in [0, 0.05) is 5.02 Å². The first-order valence-corrected chi connectivity index (χ1v) is 7.59. The van der Waals surface area contributed by atoms with Crippen LogP contribution >= 0.6 is 23.2 Å². The summed E-state index contributed by atoms with van der Waals surface area (Å²) in [5.74, 6) is -0.315. The van der Waals surface area contributed by atoms with Gasteiger partial charge in [0.15, 0.2) is 5.76 Å². The van der Waals surface area contributed by atoms with Crippen LogP contribution in [0.15, 0.2) is 54.6 Å². The van der Waals surface area contributed by atoms with Gasteiger partial charge in [-0.15, -0.1) is 5.06 Å². The Morgan fingerprint density at radius 1 is 1.22 bits per heavy atom. The number of halogens is 3. The fourth-order valence-corrected chi connectivity index (χ4v) is 2.92. The van der Waals surface area contributed by atoms with Crippen LogP contribution in [0, 0.1) is 5.82 Å². The maximum absolute atomic E-state index is 14.1. The molecule has 0 aliphatic carbocycles. The normalized spacial score (nSPS) is 20.2. The number of hydrogen-bond donors (Lipinski definition) is 0. The van der Waals surface area contributed by atoms with Gasteiger partial charge in [0.05, 0.1) is 5.56 Å². The molecule has 1 heterocycles. The second-order valence-electron chi connectivity index (χ2n) is 5.28. The fourth-order valence-electron chi connectivity index (χ4n) is 2.54. The summed E-state index contributed by atoms with van der Waals surface area (Å²) in [6.07, 6.45) is 1.65. The molecule has 2 aromatic carbocycles. The predicted octanol–water partition coefficient (Wildman–Crippen LogP) is 5.34. The molecule has 0 saturated heterocycles. The SMILES string of the molecule is CC1(c2ccccc2)C=C(c2cc(Cl)ccc2F)ON1C(=O)Cl. The Bertz CT molecular complexity index is 794. The highest BCUT2D eigenvalue weighted by molar-refractivity contribution is 6.62. The van der Waals surface area contributed by atoms with Crippen LogP contribution in [0.2, 0.25) is 5.02 Å². The van der Waals surface area contributed by atoms with E-state index in [0.717, 1.165) is 10.6 Å². The van der Waals surface area contributed by atoms with E-state index in [1.165, 1.54) is 18.2 Å². The topological polar surface area (TPSA) is 29.5 Å². The van der Waals surface area contributed by atoms with Crippen LogP contribution in [0.1, 0.15) is 18.1 Å². The number of hydroxylamine groups is 2. The van der Waals surface area contributed by atoms with Crippen molar-refractivity contribution < 1.29 is 14.0 Å². The van der Waals surface area contributed by atoms with Crippen molar-refractivity contribution in [2.75, 3.05) is 0 Å². The van der Waals surface area contributed by atoms with E-state index < -0.39 is 16.7 Å². The Morgan fingerprint density at radius 3 is 2.57 bits per heavy atom. The molecule has 0 saturated carbocycles. The second-order valence-corrected chi connectivity index (χ2v) is 6.04. The molecule has 2 aromatic rings. The van der Waals surface area contributed by atoms with E-state index in [1.807, 2.05) is 30.3 Å². The van der Waals surface area contributed by atoms with E-state index in [9.17, 15) is 9.18 Å². The van der Waals surface area contributed by atoms with Gasteiger partial charge in [-0.25, -0.2) is 4.39 Å². The second kappa shape index (κ2) is 5.87. The highest BCUT2D eigenvalue weighted by atomic mass is 35.5. The molecular formula is C17H12Cl2FNO2. The molecule has 0 aromatic heterocycles. The molecule has 3 nitrogen and oxygen atoms in total. The quantitative estimate of drug-likeness (QED) is 0.539. The standard InChI is InChI=1S/C17H12Cl2FNO2/c1-17(11-5-3-2-4-6-11)10-15(23-21(17)16(19)22)13-9-12(18)7-8-14(13)20/h2-10H,1H3. The fraction of sp³-hybridized carbons (Fsp3) is 0.118. The molecule has 1 unspecified atom stereocenters. The maximum atomic E-state index is 14.1. The zero-order chi connectivity index (χ0) is 16.6. The third-order valence-electron chi connectivity index (χ3n) is 3.74. The van der Waals surface area contributed by atoms with Crippen LogP contribution in [-0.4, -0.2) is 10.4 Å². The van der Waals surface area contributed by atoms with Crippen molar-refractivity contribution in [1.82, 2.24) is 5.06 Å². The zero-order valence-corrected chi connectivity index (χ0v) is 13.6. The molecule has 1 aliphatic rings. The molecule has 0 N–H and O–H groups in total. The minimum absolute atomic E-state index is 0.167. The molecule has 0 bridgehead atoms. The van der Waals surface area contributed by atoms with E-state index in [-0.39, 0.29) is 11.3 Å². The van der Waals surface area contributed by atoms with E-state index in [2.05, 4.69) is 0 Å². The summed E-state index contributed by atoms with van der Waals surface area (Å²) in [7, 11) is 0. The molecule has 3 rings (SSSR count).